The summed E-state index contributed by atoms with van der Waals surface area (Å²) in [7, 11) is 0. The SMILES string of the molecule is CC(C=O)Cc1ccc(N)cc1O. The minimum atomic E-state index is -0.0745. The van der Waals surface area contributed by atoms with Gasteiger partial charge in [-0.3, -0.25) is 0 Å². The Balaban J connectivity index is 2.83. The Labute approximate surface area is 77.2 Å². The molecule has 0 radical (unpaired) electrons. The zero-order valence-corrected chi connectivity index (χ0v) is 7.53. The zero-order chi connectivity index (χ0) is 9.84. The zero-order valence-electron chi connectivity index (χ0n) is 7.53. The molecule has 1 aromatic rings. The second-order valence-electron chi connectivity index (χ2n) is 3.21. The molecule has 0 saturated heterocycles. The number of aldehydes is 1. The van der Waals surface area contributed by atoms with E-state index in [9.17, 15) is 9.90 Å². The molecule has 0 fully saturated rings. The summed E-state index contributed by atoms with van der Waals surface area (Å²) in [6, 6.07) is 4.95. The van der Waals surface area contributed by atoms with Crippen molar-refractivity contribution in [2.24, 2.45) is 5.92 Å². The molecule has 3 N–H and O–H groups in total. The second-order valence-corrected chi connectivity index (χ2v) is 3.21. The fourth-order valence-corrected chi connectivity index (χ4v) is 1.15. The van der Waals surface area contributed by atoms with Gasteiger partial charge in [-0.1, -0.05) is 13.0 Å². The van der Waals surface area contributed by atoms with E-state index in [4.69, 9.17) is 5.73 Å². The van der Waals surface area contributed by atoms with Crippen molar-refractivity contribution in [1.82, 2.24) is 0 Å². The van der Waals surface area contributed by atoms with E-state index in [0.29, 0.717) is 12.1 Å². The number of hydrogen-bond donors (Lipinski definition) is 2. The number of benzene rings is 1. The van der Waals surface area contributed by atoms with Crippen LogP contribution in [0.2, 0.25) is 0 Å². The van der Waals surface area contributed by atoms with Gasteiger partial charge in [-0.05, 0) is 18.1 Å². The average molecular weight is 179 g/mol. The van der Waals surface area contributed by atoms with E-state index >= 15 is 0 Å². The topological polar surface area (TPSA) is 63.3 Å². The fourth-order valence-electron chi connectivity index (χ4n) is 1.15. The van der Waals surface area contributed by atoms with Crippen LogP contribution in [0.4, 0.5) is 5.69 Å². The first-order chi connectivity index (χ1) is 6.13. The first kappa shape index (κ1) is 9.58. The van der Waals surface area contributed by atoms with Crippen LogP contribution in [0.5, 0.6) is 5.75 Å². The minimum Gasteiger partial charge on any atom is -0.508 e. The highest BCUT2D eigenvalue weighted by molar-refractivity contribution is 5.55. The van der Waals surface area contributed by atoms with Crippen molar-refractivity contribution in [3.05, 3.63) is 23.8 Å². The van der Waals surface area contributed by atoms with Crippen LogP contribution in [0.25, 0.3) is 0 Å². The molecular formula is C10H13NO2. The van der Waals surface area contributed by atoms with E-state index in [1.54, 1.807) is 12.1 Å². The quantitative estimate of drug-likeness (QED) is 0.543. The van der Waals surface area contributed by atoms with Crippen LogP contribution in [-0.4, -0.2) is 11.4 Å². The Morgan fingerprint density at radius 3 is 2.85 bits per heavy atom. The van der Waals surface area contributed by atoms with Crippen molar-refractivity contribution in [3.63, 3.8) is 0 Å². The third-order valence-electron chi connectivity index (χ3n) is 1.88. The van der Waals surface area contributed by atoms with Crippen LogP contribution in [-0.2, 0) is 11.2 Å². The van der Waals surface area contributed by atoms with E-state index in [1.165, 1.54) is 6.07 Å². The van der Waals surface area contributed by atoms with Crippen LogP contribution >= 0.6 is 0 Å². The lowest BCUT2D eigenvalue weighted by molar-refractivity contribution is -0.110. The highest BCUT2D eigenvalue weighted by Gasteiger charge is 2.06. The van der Waals surface area contributed by atoms with Crippen LogP contribution < -0.4 is 5.73 Å². The van der Waals surface area contributed by atoms with E-state index in [0.717, 1.165) is 11.8 Å². The summed E-state index contributed by atoms with van der Waals surface area (Å²) in [6.07, 6.45) is 1.42. The first-order valence-corrected chi connectivity index (χ1v) is 4.16. The number of phenols is 1. The van der Waals surface area contributed by atoms with Crippen LogP contribution in [0.15, 0.2) is 18.2 Å². The van der Waals surface area contributed by atoms with Crippen LogP contribution in [0.1, 0.15) is 12.5 Å². The Bertz CT molecular complexity index is 310. The van der Waals surface area contributed by atoms with Gasteiger partial charge in [0.05, 0.1) is 0 Å². The van der Waals surface area contributed by atoms with Crippen molar-refractivity contribution in [2.75, 3.05) is 5.73 Å². The number of phenolic OH excluding ortho intramolecular Hbond substituents is 1. The molecular weight excluding hydrogens is 166 g/mol. The number of aromatic hydroxyl groups is 1. The monoisotopic (exact) mass is 179 g/mol. The smallest absolute Gasteiger partial charge is 0.123 e. The van der Waals surface area contributed by atoms with Gasteiger partial charge in [0.25, 0.3) is 0 Å². The molecule has 0 aliphatic heterocycles. The van der Waals surface area contributed by atoms with Gasteiger partial charge in [-0.15, -0.1) is 0 Å². The molecule has 1 rings (SSSR count). The molecule has 1 aromatic carbocycles. The molecule has 0 saturated carbocycles. The van der Waals surface area contributed by atoms with Gasteiger partial charge >= 0.3 is 0 Å². The van der Waals surface area contributed by atoms with E-state index < -0.39 is 0 Å². The lowest BCUT2D eigenvalue weighted by Crippen LogP contribution is -2.01. The predicted octanol–water partition coefficient (Wildman–Crippen LogP) is 1.35. The predicted molar refractivity (Wildman–Crippen MR) is 51.5 cm³/mol. The van der Waals surface area contributed by atoms with Gasteiger partial charge in [0, 0.05) is 17.7 Å². The number of rotatable bonds is 3. The Hall–Kier alpha value is -1.51. The molecule has 0 aliphatic rings. The lowest BCUT2D eigenvalue weighted by atomic mass is 10.0. The van der Waals surface area contributed by atoms with Gasteiger partial charge in [-0.2, -0.15) is 0 Å². The normalized spacial score (nSPS) is 12.4. The first-order valence-electron chi connectivity index (χ1n) is 4.16. The van der Waals surface area contributed by atoms with E-state index in [2.05, 4.69) is 0 Å². The third kappa shape index (κ3) is 2.47. The highest BCUT2D eigenvalue weighted by atomic mass is 16.3. The van der Waals surface area contributed by atoms with Gasteiger partial charge in [0.1, 0.15) is 12.0 Å². The maximum absolute atomic E-state index is 10.4. The molecule has 0 bridgehead atoms. The molecule has 0 aromatic heterocycles. The standard InChI is InChI=1S/C10H13NO2/c1-7(6-12)4-8-2-3-9(11)5-10(8)13/h2-3,5-7,13H,4,11H2,1H3. The summed E-state index contributed by atoms with van der Waals surface area (Å²) in [6.45, 7) is 1.81. The number of nitrogen functional groups attached to an aromatic ring is 1. The summed E-state index contributed by atoms with van der Waals surface area (Å²) in [5.74, 6) is 0.0863. The van der Waals surface area contributed by atoms with E-state index in [1.807, 2.05) is 6.92 Å². The van der Waals surface area contributed by atoms with E-state index in [-0.39, 0.29) is 11.7 Å². The lowest BCUT2D eigenvalue weighted by Gasteiger charge is -2.06. The van der Waals surface area contributed by atoms with Crippen molar-refractivity contribution < 1.29 is 9.90 Å². The second kappa shape index (κ2) is 3.94. The Morgan fingerprint density at radius 1 is 1.62 bits per heavy atom. The van der Waals surface area contributed by atoms with Crippen LogP contribution in [0, 0.1) is 5.92 Å². The molecule has 0 aliphatic carbocycles. The van der Waals surface area contributed by atoms with Crippen LogP contribution in [0.3, 0.4) is 0 Å². The number of carbonyl (C=O) groups excluding carboxylic acids is 1. The Kier molecular flexibility index (Phi) is 2.90. The number of carbonyl (C=O) groups is 1. The molecule has 3 heteroatoms. The van der Waals surface area contributed by atoms with Gasteiger partial charge in [0.2, 0.25) is 0 Å². The molecule has 13 heavy (non-hydrogen) atoms. The maximum Gasteiger partial charge on any atom is 0.123 e. The molecule has 70 valence electrons. The maximum atomic E-state index is 10.4. The molecule has 0 amide bonds. The molecule has 0 spiro atoms. The fraction of sp³-hybridized carbons (Fsp3) is 0.300. The summed E-state index contributed by atoms with van der Waals surface area (Å²) in [5, 5.41) is 9.44. The van der Waals surface area contributed by atoms with Gasteiger partial charge in [0.15, 0.2) is 0 Å². The van der Waals surface area contributed by atoms with Crippen molar-refractivity contribution in [3.8, 4) is 5.75 Å². The number of nitrogens with two attached hydrogens (primary N) is 1. The average Bonchev–Trinajstić information content (AvgIpc) is 2.09. The number of hydrogen-bond acceptors (Lipinski definition) is 3. The molecule has 3 nitrogen and oxygen atoms in total. The third-order valence-corrected chi connectivity index (χ3v) is 1.88. The summed E-state index contributed by atoms with van der Waals surface area (Å²) < 4.78 is 0. The summed E-state index contributed by atoms with van der Waals surface area (Å²) in [4.78, 5) is 10.4. The highest BCUT2D eigenvalue weighted by Crippen LogP contribution is 2.22. The summed E-state index contributed by atoms with van der Waals surface area (Å²) in [5.41, 5.74) is 6.75. The van der Waals surface area contributed by atoms with Crippen molar-refractivity contribution >= 4 is 12.0 Å². The number of anilines is 1. The van der Waals surface area contributed by atoms with Gasteiger partial charge in [-0.25, -0.2) is 0 Å². The molecule has 1 atom stereocenters. The van der Waals surface area contributed by atoms with Crippen molar-refractivity contribution in [1.29, 1.82) is 0 Å². The molecule has 0 heterocycles. The van der Waals surface area contributed by atoms with Gasteiger partial charge < -0.3 is 15.6 Å². The van der Waals surface area contributed by atoms with Crippen molar-refractivity contribution in [2.45, 2.75) is 13.3 Å². The minimum absolute atomic E-state index is 0.0745. The molecule has 1 unspecified atom stereocenters. The largest absolute Gasteiger partial charge is 0.508 e. The Morgan fingerprint density at radius 2 is 2.31 bits per heavy atom. The summed E-state index contributed by atoms with van der Waals surface area (Å²) >= 11 is 0.